The normalized spacial score (nSPS) is 12.4. The SMILES string of the molecule is C=C(COC(=O)c1cc(F)cc2c1OCOC2)CN(Cc1ccccc1)C(=O)O. The highest BCUT2D eigenvalue weighted by Crippen LogP contribution is 2.30. The molecule has 8 heteroatoms. The van der Waals surface area contributed by atoms with Gasteiger partial charge in [-0.25, -0.2) is 14.0 Å². The van der Waals surface area contributed by atoms with Gasteiger partial charge >= 0.3 is 12.1 Å². The molecule has 3 rings (SSSR count). The number of halogens is 1. The van der Waals surface area contributed by atoms with Gasteiger partial charge in [0.1, 0.15) is 23.7 Å². The van der Waals surface area contributed by atoms with Crippen molar-refractivity contribution in [3.05, 3.63) is 77.1 Å². The first-order valence-corrected chi connectivity index (χ1v) is 8.82. The van der Waals surface area contributed by atoms with Gasteiger partial charge in [0.25, 0.3) is 0 Å². The van der Waals surface area contributed by atoms with Crippen molar-refractivity contribution in [1.29, 1.82) is 0 Å². The minimum atomic E-state index is -1.12. The number of benzene rings is 2. The number of carbonyl (C=O) groups excluding carboxylic acids is 1. The maximum Gasteiger partial charge on any atom is 0.407 e. The summed E-state index contributed by atoms with van der Waals surface area (Å²) in [4.78, 5) is 25.1. The average Bonchev–Trinajstić information content (AvgIpc) is 2.71. The van der Waals surface area contributed by atoms with Crippen LogP contribution in [0.25, 0.3) is 0 Å². The van der Waals surface area contributed by atoms with Crippen LogP contribution in [0.3, 0.4) is 0 Å². The van der Waals surface area contributed by atoms with E-state index in [4.69, 9.17) is 14.2 Å². The van der Waals surface area contributed by atoms with Crippen LogP contribution in [-0.2, 0) is 22.6 Å². The summed E-state index contributed by atoms with van der Waals surface area (Å²) in [5.74, 6) is -1.17. The summed E-state index contributed by atoms with van der Waals surface area (Å²) in [6.45, 7) is 3.83. The van der Waals surface area contributed by atoms with Crippen LogP contribution in [-0.4, -0.2) is 42.0 Å². The molecular formula is C21H20FNO6. The Morgan fingerprint density at radius 1 is 1.24 bits per heavy atom. The molecule has 152 valence electrons. The van der Waals surface area contributed by atoms with Crippen molar-refractivity contribution in [2.45, 2.75) is 13.2 Å². The molecule has 2 aromatic carbocycles. The van der Waals surface area contributed by atoms with Crippen LogP contribution in [0.15, 0.2) is 54.6 Å². The first-order chi connectivity index (χ1) is 13.9. The highest BCUT2D eigenvalue weighted by Gasteiger charge is 2.23. The van der Waals surface area contributed by atoms with E-state index in [-0.39, 0.29) is 44.4 Å². The number of nitrogens with zero attached hydrogens (tertiary/aromatic N) is 1. The van der Waals surface area contributed by atoms with Crippen LogP contribution < -0.4 is 4.74 Å². The lowest BCUT2D eigenvalue weighted by atomic mass is 10.1. The van der Waals surface area contributed by atoms with E-state index in [2.05, 4.69) is 6.58 Å². The number of esters is 1. The van der Waals surface area contributed by atoms with Crippen molar-refractivity contribution in [2.24, 2.45) is 0 Å². The van der Waals surface area contributed by atoms with Crippen molar-refractivity contribution in [3.63, 3.8) is 0 Å². The van der Waals surface area contributed by atoms with Crippen LogP contribution in [0.1, 0.15) is 21.5 Å². The van der Waals surface area contributed by atoms with E-state index in [1.54, 1.807) is 0 Å². The van der Waals surface area contributed by atoms with Gasteiger partial charge in [-0.05, 0) is 23.3 Å². The Morgan fingerprint density at radius 2 is 2.00 bits per heavy atom. The molecule has 1 amide bonds. The van der Waals surface area contributed by atoms with Crippen molar-refractivity contribution >= 4 is 12.1 Å². The second kappa shape index (κ2) is 9.20. The van der Waals surface area contributed by atoms with Gasteiger partial charge in [-0.3, -0.25) is 4.90 Å². The zero-order chi connectivity index (χ0) is 20.8. The van der Waals surface area contributed by atoms with Crippen LogP contribution >= 0.6 is 0 Å². The first kappa shape index (κ1) is 20.3. The largest absolute Gasteiger partial charge is 0.466 e. The van der Waals surface area contributed by atoms with Gasteiger partial charge in [0, 0.05) is 18.7 Å². The van der Waals surface area contributed by atoms with Gasteiger partial charge < -0.3 is 19.3 Å². The van der Waals surface area contributed by atoms with Gasteiger partial charge in [0.15, 0.2) is 6.79 Å². The number of rotatable bonds is 7. The lowest BCUT2D eigenvalue weighted by Crippen LogP contribution is -2.31. The fourth-order valence-corrected chi connectivity index (χ4v) is 2.89. The zero-order valence-electron chi connectivity index (χ0n) is 15.6. The van der Waals surface area contributed by atoms with Crippen LogP contribution in [0.2, 0.25) is 0 Å². The highest BCUT2D eigenvalue weighted by molar-refractivity contribution is 5.93. The quantitative estimate of drug-likeness (QED) is 0.564. The van der Waals surface area contributed by atoms with Gasteiger partial charge in [0.2, 0.25) is 0 Å². The Labute approximate surface area is 166 Å². The molecule has 0 aromatic heterocycles. The minimum absolute atomic E-state index is 0.0108. The molecule has 0 aliphatic carbocycles. The van der Waals surface area contributed by atoms with Crippen molar-refractivity contribution in [2.75, 3.05) is 19.9 Å². The average molecular weight is 401 g/mol. The van der Waals surface area contributed by atoms with Crippen molar-refractivity contribution in [1.82, 2.24) is 4.90 Å². The molecule has 29 heavy (non-hydrogen) atoms. The number of fused-ring (bicyclic) bond motifs is 1. The van der Waals surface area contributed by atoms with E-state index in [1.807, 2.05) is 30.3 Å². The molecule has 0 spiro atoms. The molecule has 0 atom stereocenters. The van der Waals surface area contributed by atoms with Crippen LogP contribution in [0.4, 0.5) is 9.18 Å². The van der Waals surface area contributed by atoms with Gasteiger partial charge in [0.05, 0.1) is 6.61 Å². The second-order valence-corrected chi connectivity index (χ2v) is 6.50. The monoisotopic (exact) mass is 401 g/mol. The van der Waals surface area contributed by atoms with E-state index in [9.17, 15) is 19.1 Å². The molecule has 7 nitrogen and oxygen atoms in total. The zero-order valence-corrected chi connectivity index (χ0v) is 15.6. The standard InChI is InChI=1S/C21H20FNO6/c1-14(9-23(21(25)26)10-15-5-3-2-4-6-15)11-28-20(24)18-8-17(22)7-16-12-27-13-29-19(16)18/h2-8H,1,9-13H2,(H,25,26). The number of amides is 1. The Morgan fingerprint density at radius 3 is 2.72 bits per heavy atom. The molecule has 0 saturated heterocycles. The van der Waals surface area contributed by atoms with Gasteiger partial charge in [-0.1, -0.05) is 36.9 Å². The summed E-state index contributed by atoms with van der Waals surface area (Å²) in [6.07, 6.45) is -1.12. The molecule has 0 bridgehead atoms. The van der Waals surface area contributed by atoms with Crippen molar-refractivity contribution in [3.8, 4) is 5.75 Å². The molecule has 0 unspecified atom stereocenters. The highest BCUT2D eigenvalue weighted by atomic mass is 19.1. The Bertz CT molecular complexity index is 915. The summed E-state index contributed by atoms with van der Waals surface area (Å²) in [6, 6.07) is 11.4. The Kier molecular flexibility index (Phi) is 6.46. The maximum absolute atomic E-state index is 13.8. The third-order valence-electron chi connectivity index (χ3n) is 4.20. The fourth-order valence-electron chi connectivity index (χ4n) is 2.89. The van der Waals surface area contributed by atoms with E-state index < -0.39 is 17.9 Å². The predicted octanol–water partition coefficient (Wildman–Crippen LogP) is 3.59. The van der Waals surface area contributed by atoms with E-state index in [0.29, 0.717) is 11.1 Å². The number of hydrogen-bond donors (Lipinski definition) is 1. The maximum atomic E-state index is 13.8. The predicted molar refractivity (Wildman–Crippen MR) is 101 cm³/mol. The molecular weight excluding hydrogens is 381 g/mol. The number of carboxylic acid groups (broad SMARTS) is 1. The Balaban J connectivity index is 1.60. The lowest BCUT2D eigenvalue weighted by Gasteiger charge is -2.21. The van der Waals surface area contributed by atoms with Gasteiger partial charge in [-0.15, -0.1) is 0 Å². The minimum Gasteiger partial charge on any atom is -0.466 e. The molecule has 2 aromatic rings. The molecule has 0 fully saturated rings. The summed E-state index contributed by atoms with van der Waals surface area (Å²) < 4.78 is 29.4. The third kappa shape index (κ3) is 5.32. The lowest BCUT2D eigenvalue weighted by molar-refractivity contribution is -0.0176. The number of ether oxygens (including phenoxy) is 3. The first-order valence-electron chi connectivity index (χ1n) is 8.82. The smallest absolute Gasteiger partial charge is 0.407 e. The third-order valence-corrected chi connectivity index (χ3v) is 4.20. The molecule has 0 saturated carbocycles. The van der Waals surface area contributed by atoms with Gasteiger partial charge in [-0.2, -0.15) is 0 Å². The molecule has 0 radical (unpaired) electrons. The number of carbonyl (C=O) groups is 2. The topological polar surface area (TPSA) is 85.3 Å². The molecule has 1 N–H and O–H groups in total. The summed E-state index contributed by atoms with van der Waals surface area (Å²) in [5, 5.41) is 9.41. The Hall–Kier alpha value is -3.39. The molecule has 1 aliphatic rings. The fraction of sp³-hybridized carbons (Fsp3) is 0.238. The van der Waals surface area contributed by atoms with E-state index in [0.717, 1.165) is 16.5 Å². The summed E-state index contributed by atoms with van der Waals surface area (Å²) in [5.41, 5.74) is 1.58. The summed E-state index contributed by atoms with van der Waals surface area (Å²) in [7, 11) is 0. The summed E-state index contributed by atoms with van der Waals surface area (Å²) >= 11 is 0. The van der Waals surface area contributed by atoms with Crippen molar-refractivity contribution < 1.29 is 33.3 Å². The molecule has 1 heterocycles. The van der Waals surface area contributed by atoms with E-state index >= 15 is 0 Å². The van der Waals surface area contributed by atoms with Crippen LogP contribution in [0, 0.1) is 5.82 Å². The number of hydrogen-bond acceptors (Lipinski definition) is 5. The second-order valence-electron chi connectivity index (χ2n) is 6.50. The van der Waals surface area contributed by atoms with E-state index in [1.165, 1.54) is 6.07 Å². The van der Waals surface area contributed by atoms with Crippen LogP contribution in [0.5, 0.6) is 5.75 Å². The molecule has 1 aliphatic heterocycles.